The highest BCUT2D eigenvalue weighted by Crippen LogP contribution is 2.32. The number of hydrogen-bond donors (Lipinski definition) is 2. The van der Waals surface area contributed by atoms with Gasteiger partial charge >= 0.3 is 0 Å². The van der Waals surface area contributed by atoms with Gasteiger partial charge in [0.25, 0.3) is 5.91 Å². The zero-order chi connectivity index (χ0) is 23.8. The number of amides is 1. The number of ether oxygens (including phenoxy) is 1. The molecule has 0 bridgehead atoms. The summed E-state index contributed by atoms with van der Waals surface area (Å²) in [5.74, 6) is 0.734. The summed E-state index contributed by atoms with van der Waals surface area (Å²) < 4.78 is 5.74. The van der Waals surface area contributed by atoms with Gasteiger partial charge in [-0.15, -0.1) is 0 Å². The molecule has 0 aromatic heterocycles. The molecule has 3 aromatic rings. The average molecular weight is 445 g/mol. The van der Waals surface area contributed by atoms with Crippen LogP contribution in [0.1, 0.15) is 30.0 Å². The van der Waals surface area contributed by atoms with Crippen molar-refractivity contribution in [3.8, 4) is 11.5 Å². The number of likely N-dealkylation sites (N-methyl/N-ethyl adjacent to an activating group) is 1. The second-order valence-electron chi connectivity index (χ2n) is 8.20. The predicted molar refractivity (Wildman–Crippen MR) is 136 cm³/mol. The van der Waals surface area contributed by atoms with Crippen molar-refractivity contribution in [1.82, 2.24) is 4.90 Å². The molecule has 0 aliphatic heterocycles. The lowest BCUT2D eigenvalue weighted by Gasteiger charge is -2.17. The van der Waals surface area contributed by atoms with Crippen molar-refractivity contribution in [1.29, 1.82) is 0 Å². The monoisotopic (exact) mass is 444 g/mol. The smallest absolute Gasteiger partial charge is 0.256 e. The van der Waals surface area contributed by atoms with E-state index in [4.69, 9.17) is 4.74 Å². The number of rotatable bonds is 9. The van der Waals surface area contributed by atoms with Crippen LogP contribution in [0.25, 0.3) is 11.1 Å². The Labute approximate surface area is 196 Å². The van der Waals surface area contributed by atoms with E-state index in [9.17, 15) is 9.90 Å². The molecule has 3 rings (SSSR count). The van der Waals surface area contributed by atoms with Gasteiger partial charge in [-0.2, -0.15) is 0 Å². The minimum Gasteiger partial charge on any atom is -0.508 e. The van der Waals surface area contributed by atoms with Crippen LogP contribution in [0, 0.1) is 6.92 Å². The summed E-state index contributed by atoms with van der Waals surface area (Å²) in [6, 6.07) is 22.2. The van der Waals surface area contributed by atoms with Crippen molar-refractivity contribution < 1.29 is 14.6 Å². The number of nitrogens with one attached hydrogen (secondary N) is 1. The molecular formula is C28H32N2O3. The van der Waals surface area contributed by atoms with Gasteiger partial charge in [0.15, 0.2) is 0 Å². The molecule has 0 heterocycles. The summed E-state index contributed by atoms with van der Waals surface area (Å²) in [5, 5.41) is 12.8. The first-order valence-electron chi connectivity index (χ1n) is 11.2. The second kappa shape index (κ2) is 11.3. The van der Waals surface area contributed by atoms with Gasteiger partial charge in [-0.3, -0.25) is 4.79 Å². The Kier molecular flexibility index (Phi) is 8.28. The van der Waals surface area contributed by atoms with Gasteiger partial charge in [0.1, 0.15) is 18.1 Å². The van der Waals surface area contributed by atoms with Gasteiger partial charge in [0.05, 0.1) is 5.57 Å². The molecule has 0 saturated carbocycles. The first-order valence-corrected chi connectivity index (χ1v) is 11.2. The van der Waals surface area contributed by atoms with E-state index in [0.29, 0.717) is 24.3 Å². The van der Waals surface area contributed by atoms with E-state index in [1.807, 2.05) is 69.6 Å². The predicted octanol–water partition coefficient (Wildman–Crippen LogP) is 5.60. The average Bonchev–Trinajstić information content (AvgIpc) is 2.80. The van der Waals surface area contributed by atoms with E-state index in [0.717, 1.165) is 34.6 Å². The number of nitrogens with zero attached hydrogens (tertiary/aromatic N) is 1. The Morgan fingerprint density at radius 1 is 0.970 bits per heavy atom. The van der Waals surface area contributed by atoms with Crippen molar-refractivity contribution in [2.75, 3.05) is 32.6 Å². The Balaban J connectivity index is 1.92. The maximum atomic E-state index is 13.5. The number of allylic oxidation sites excluding steroid dienone is 1. The maximum absolute atomic E-state index is 13.5. The van der Waals surface area contributed by atoms with E-state index < -0.39 is 0 Å². The van der Waals surface area contributed by atoms with Crippen LogP contribution in [0.5, 0.6) is 11.5 Å². The molecule has 33 heavy (non-hydrogen) atoms. The van der Waals surface area contributed by atoms with E-state index in [1.54, 1.807) is 24.3 Å². The van der Waals surface area contributed by atoms with Crippen molar-refractivity contribution >= 4 is 22.7 Å². The number of phenolic OH excluding ortho intramolecular Hbond substituents is 1. The minimum atomic E-state index is -0.193. The number of carbonyl (C=O) groups is 1. The molecule has 0 unspecified atom stereocenters. The molecule has 0 atom stereocenters. The van der Waals surface area contributed by atoms with E-state index in [2.05, 4.69) is 17.1 Å². The molecule has 3 aromatic carbocycles. The molecule has 0 fully saturated rings. The molecule has 1 amide bonds. The SMILES string of the molecule is CCC(=C(C(=O)Nc1ccc(OCCN(C)C)cc1)c1ccc(O)cc1)c1ccccc1C. The molecule has 2 N–H and O–H groups in total. The summed E-state index contributed by atoms with van der Waals surface area (Å²) >= 11 is 0. The summed E-state index contributed by atoms with van der Waals surface area (Å²) in [4.78, 5) is 15.6. The third-order valence-electron chi connectivity index (χ3n) is 5.43. The highest BCUT2D eigenvalue weighted by atomic mass is 16.5. The molecule has 5 heteroatoms. The van der Waals surface area contributed by atoms with E-state index in [1.165, 1.54) is 0 Å². The number of benzene rings is 3. The summed E-state index contributed by atoms with van der Waals surface area (Å²) in [7, 11) is 4.01. The molecule has 0 aliphatic carbocycles. The first kappa shape index (κ1) is 24.1. The Hall–Kier alpha value is -3.57. The van der Waals surface area contributed by atoms with E-state index in [-0.39, 0.29) is 11.7 Å². The first-order chi connectivity index (χ1) is 15.9. The normalized spacial score (nSPS) is 11.8. The number of aryl methyl sites for hydroxylation is 1. The van der Waals surface area contributed by atoms with Crippen LogP contribution in [0.15, 0.2) is 72.8 Å². The largest absolute Gasteiger partial charge is 0.508 e. The van der Waals surface area contributed by atoms with Gasteiger partial charge in [-0.05, 0) is 86.1 Å². The number of carbonyl (C=O) groups excluding carboxylic acids is 1. The standard InChI is InChI=1S/C28H32N2O3/c1-5-25(26-9-7-6-8-20(26)2)27(21-10-14-23(31)15-11-21)28(32)29-22-12-16-24(17-13-22)33-19-18-30(3)4/h6-17,31H,5,18-19H2,1-4H3,(H,29,32). The fourth-order valence-electron chi connectivity index (χ4n) is 3.66. The molecule has 172 valence electrons. The Morgan fingerprint density at radius 2 is 1.64 bits per heavy atom. The van der Waals surface area contributed by atoms with Crippen LogP contribution in [0.2, 0.25) is 0 Å². The summed E-state index contributed by atoms with van der Waals surface area (Å²) in [6.45, 7) is 5.53. The third kappa shape index (κ3) is 6.46. The molecule has 0 spiro atoms. The third-order valence-corrected chi connectivity index (χ3v) is 5.43. The number of phenols is 1. The van der Waals surface area contributed by atoms with Gasteiger partial charge in [0, 0.05) is 12.2 Å². The zero-order valence-electron chi connectivity index (χ0n) is 19.8. The van der Waals surface area contributed by atoms with Gasteiger partial charge in [-0.25, -0.2) is 0 Å². The topological polar surface area (TPSA) is 61.8 Å². The van der Waals surface area contributed by atoms with Crippen LogP contribution < -0.4 is 10.1 Å². The summed E-state index contributed by atoms with van der Waals surface area (Å²) in [5.41, 5.74) is 5.16. The van der Waals surface area contributed by atoms with Crippen LogP contribution in [-0.4, -0.2) is 43.2 Å². The Morgan fingerprint density at radius 3 is 2.24 bits per heavy atom. The number of hydrogen-bond acceptors (Lipinski definition) is 4. The molecule has 5 nitrogen and oxygen atoms in total. The van der Waals surface area contributed by atoms with Crippen molar-refractivity contribution in [2.24, 2.45) is 0 Å². The van der Waals surface area contributed by atoms with Crippen LogP contribution in [0.3, 0.4) is 0 Å². The molecular weight excluding hydrogens is 412 g/mol. The molecule has 0 radical (unpaired) electrons. The quantitative estimate of drug-likeness (QED) is 0.333. The maximum Gasteiger partial charge on any atom is 0.256 e. The fraction of sp³-hybridized carbons (Fsp3) is 0.250. The van der Waals surface area contributed by atoms with Crippen LogP contribution in [-0.2, 0) is 4.79 Å². The molecule has 0 saturated heterocycles. The fourth-order valence-corrected chi connectivity index (χ4v) is 3.66. The van der Waals surface area contributed by atoms with Crippen LogP contribution in [0.4, 0.5) is 5.69 Å². The highest BCUT2D eigenvalue weighted by Gasteiger charge is 2.19. The lowest BCUT2D eigenvalue weighted by atomic mass is 9.90. The van der Waals surface area contributed by atoms with Gasteiger partial charge in [0.2, 0.25) is 0 Å². The Bertz CT molecular complexity index is 1100. The van der Waals surface area contributed by atoms with Gasteiger partial charge < -0.3 is 20.1 Å². The van der Waals surface area contributed by atoms with Crippen molar-refractivity contribution in [2.45, 2.75) is 20.3 Å². The highest BCUT2D eigenvalue weighted by molar-refractivity contribution is 6.31. The van der Waals surface area contributed by atoms with E-state index >= 15 is 0 Å². The summed E-state index contributed by atoms with van der Waals surface area (Å²) in [6.07, 6.45) is 0.688. The number of aromatic hydroxyl groups is 1. The number of anilines is 1. The van der Waals surface area contributed by atoms with Crippen molar-refractivity contribution in [3.63, 3.8) is 0 Å². The minimum absolute atomic E-state index is 0.164. The van der Waals surface area contributed by atoms with Gasteiger partial charge in [-0.1, -0.05) is 43.3 Å². The lowest BCUT2D eigenvalue weighted by Crippen LogP contribution is -2.19. The zero-order valence-corrected chi connectivity index (χ0v) is 19.8. The lowest BCUT2D eigenvalue weighted by molar-refractivity contribution is -0.111. The molecule has 0 aliphatic rings. The van der Waals surface area contributed by atoms with Crippen molar-refractivity contribution in [3.05, 3.63) is 89.5 Å². The van der Waals surface area contributed by atoms with Crippen LogP contribution >= 0.6 is 0 Å². The second-order valence-corrected chi connectivity index (χ2v) is 8.20.